The van der Waals surface area contributed by atoms with E-state index < -0.39 is 10.9 Å². The summed E-state index contributed by atoms with van der Waals surface area (Å²) in [6.45, 7) is 5.16. The lowest BCUT2D eigenvalue weighted by Gasteiger charge is -2.34. The number of carbonyl (C=O) groups excluding carboxylic acids is 2. The van der Waals surface area contributed by atoms with E-state index in [0.29, 0.717) is 29.8 Å². The molecule has 0 radical (unpaired) electrons. The second-order valence-electron chi connectivity index (χ2n) is 6.46. The molecule has 1 aromatic rings. The van der Waals surface area contributed by atoms with Crippen molar-refractivity contribution in [2.45, 2.75) is 25.2 Å². The van der Waals surface area contributed by atoms with Crippen LogP contribution in [-0.4, -0.2) is 47.7 Å². The number of hydrogen-bond donors (Lipinski definition) is 0. The van der Waals surface area contributed by atoms with Gasteiger partial charge in [0.15, 0.2) is 6.61 Å². The minimum atomic E-state index is -0.734. The van der Waals surface area contributed by atoms with Crippen LogP contribution >= 0.6 is 11.8 Å². The first-order chi connectivity index (χ1) is 11.8. The Morgan fingerprint density at radius 2 is 1.96 bits per heavy atom. The van der Waals surface area contributed by atoms with E-state index in [0.717, 1.165) is 6.42 Å². The maximum Gasteiger partial charge on any atom is 0.338 e. The average Bonchev–Trinajstić information content (AvgIpc) is 2.57. The number of rotatable bonds is 5. The summed E-state index contributed by atoms with van der Waals surface area (Å²) >= 11 is 1.23. The molecule has 1 aromatic carbocycles. The fourth-order valence-corrected chi connectivity index (χ4v) is 3.67. The number of likely N-dealkylation sites (tertiary alicyclic amines) is 1. The van der Waals surface area contributed by atoms with Gasteiger partial charge in [0.1, 0.15) is 0 Å². The molecule has 0 bridgehead atoms. The minimum absolute atomic E-state index is 0.0673. The molecule has 1 aliphatic heterocycles. The van der Waals surface area contributed by atoms with E-state index in [2.05, 4.69) is 13.8 Å². The Bertz CT molecular complexity index is 669. The number of ether oxygens (including phenoxy) is 1. The topological polar surface area (TPSA) is 89.8 Å². The third-order valence-electron chi connectivity index (χ3n) is 4.16. The molecule has 0 aliphatic carbocycles. The van der Waals surface area contributed by atoms with Gasteiger partial charge in [-0.05, 0) is 36.6 Å². The lowest BCUT2D eigenvalue weighted by molar-refractivity contribution is -0.387. The number of hydrogen-bond acceptors (Lipinski definition) is 6. The van der Waals surface area contributed by atoms with Gasteiger partial charge in [-0.3, -0.25) is 14.9 Å². The SMILES string of the molecule is CSc1ccc(C(=O)OCC(=O)N2C[C@H](C)C[C@H](C)C2)cc1[N+](=O)[O-]. The molecule has 8 heteroatoms. The Morgan fingerprint density at radius 3 is 2.52 bits per heavy atom. The summed E-state index contributed by atoms with van der Waals surface area (Å²) < 4.78 is 5.06. The summed E-state index contributed by atoms with van der Waals surface area (Å²) in [6, 6.07) is 4.16. The maximum atomic E-state index is 12.2. The van der Waals surface area contributed by atoms with Gasteiger partial charge >= 0.3 is 5.97 Å². The lowest BCUT2D eigenvalue weighted by Crippen LogP contribution is -2.44. The van der Waals surface area contributed by atoms with Crippen molar-refractivity contribution in [3.05, 3.63) is 33.9 Å². The van der Waals surface area contributed by atoms with Crippen LogP contribution in [0.25, 0.3) is 0 Å². The average molecular weight is 366 g/mol. The highest BCUT2D eigenvalue weighted by molar-refractivity contribution is 7.98. The van der Waals surface area contributed by atoms with Crippen molar-refractivity contribution in [1.82, 2.24) is 4.90 Å². The van der Waals surface area contributed by atoms with Crippen molar-refractivity contribution in [1.29, 1.82) is 0 Å². The zero-order valence-corrected chi connectivity index (χ0v) is 15.4. The molecule has 0 spiro atoms. The van der Waals surface area contributed by atoms with Crippen LogP contribution in [0.5, 0.6) is 0 Å². The van der Waals surface area contributed by atoms with Crippen LogP contribution in [0.15, 0.2) is 23.1 Å². The van der Waals surface area contributed by atoms with Gasteiger partial charge in [-0.25, -0.2) is 4.79 Å². The van der Waals surface area contributed by atoms with E-state index in [4.69, 9.17) is 4.74 Å². The highest BCUT2D eigenvalue weighted by atomic mass is 32.2. The molecular weight excluding hydrogens is 344 g/mol. The molecule has 2 atom stereocenters. The van der Waals surface area contributed by atoms with Gasteiger partial charge in [-0.15, -0.1) is 11.8 Å². The van der Waals surface area contributed by atoms with Gasteiger partial charge in [0.25, 0.3) is 11.6 Å². The Balaban J connectivity index is 1.99. The number of carbonyl (C=O) groups is 2. The second kappa shape index (κ2) is 8.33. The van der Waals surface area contributed by atoms with Gasteiger partial charge < -0.3 is 9.64 Å². The fraction of sp³-hybridized carbons (Fsp3) is 0.529. The molecule has 0 saturated carbocycles. The van der Waals surface area contributed by atoms with Crippen molar-refractivity contribution in [3.63, 3.8) is 0 Å². The summed E-state index contributed by atoms with van der Waals surface area (Å²) in [5.74, 6) is -0.125. The quantitative estimate of drug-likeness (QED) is 0.344. The summed E-state index contributed by atoms with van der Waals surface area (Å²) in [4.78, 5) is 37.1. The number of amides is 1. The van der Waals surface area contributed by atoms with E-state index in [1.807, 2.05) is 0 Å². The number of nitro benzene ring substituents is 1. The molecule has 1 aliphatic rings. The zero-order valence-electron chi connectivity index (χ0n) is 14.6. The van der Waals surface area contributed by atoms with Gasteiger partial charge in [0.05, 0.1) is 15.4 Å². The molecule has 0 aromatic heterocycles. The Kier molecular flexibility index (Phi) is 6.41. The van der Waals surface area contributed by atoms with Crippen LogP contribution in [0.4, 0.5) is 5.69 Å². The van der Waals surface area contributed by atoms with E-state index in [1.165, 1.54) is 30.0 Å². The smallest absolute Gasteiger partial charge is 0.338 e. The first kappa shape index (κ1) is 19.2. The molecule has 1 heterocycles. The maximum absolute atomic E-state index is 12.2. The summed E-state index contributed by atoms with van der Waals surface area (Å²) in [6.07, 6.45) is 2.80. The first-order valence-electron chi connectivity index (χ1n) is 8.09. The van der Waals surface area contributed by atoms with Crippen molar-refractivity contribution < 1.29 is 19.2 Å². The molecule has 1 fully saturated rings. The van der Waals surface area contributed by atoms with Gasteiger partial charge in [0, 0.05) is 19.2 Å². The minimum Gasteiger partial charge on any atom is -0.452 e. The highest BCUT2D eigenvalue weighted by Crippen LogP contribution is 2.28. The van der Waals surface area contributed by atoms with Crippen LogP contribution in [0.2, 0.25) is 0 Å². The molecule has 25 heavy (non-hydrogen) atoms. The van der Waals surface area contributed by atoms with Crippen LogP contribution in [0.1, 0.15) is 30.6 Å². The molecule has 1 amide bonds. The summed E-state index contributed by atoms with van der Waals surface area (Å²) in [5.41, 5.74) is -0.0790. The predicted molar refractivity (Wildman–Crippen MR) is 94.7 cm³/mol. The lowest BCUT2D eigenvalue weighted by atomic mass is 9.92. The molecular formula is C17H22N2O5S. The van der Waals surface area contributed by atoms with Crippen LogP contribution < -0.4 is 0 Å². The normalized spacial score (nSPS) is 20.2. The fourth-order valence-electron chi connectivity index (χ4n) is 3.13. The zero-order chi connectivity index (χ0) is 18.6. The summed E-state index contributed by atoms with van der Waals surface area (Å²) in [5, 5.41) is 11.1. The van der Waals surface area contributed by atoms with Crippen molar-refractivity contribution >= 4 is 29.3 Å². The Labute approximate surface area is 150 Å². The van der Waals surface area contributed by atoms with E-state index in [1.54, 1.807) is 11.2 Å². The van der Waals surface area contributed by atoms with Gasteiger partial charge in [-0.1, -0.05) is 13.8 Å². The standard InChI is InChI=1S/C17H22N2O5S/c1-11-6-12(2)9-18(8-11)16(20)10-24-17(21)13-4-5-15(25-3)14(7-13)19(22)23/h4-5,7,11-12H,6,8-10H2,1-3H3/t11-,12+. The predicted octanol–water partition coefficient (Wildman–Crippen LogP) is 2.98. The van der Waals surface area contributed by atoms with Crippen LogP contribution in [-0.2, 0) is 9.53 Å². The largest absolute Gasteiger partial charge is 0.452 e. The molecule has 2 rings (SSSR count). The van der Waals surface area contributed by atoms with Crippen molar-refractivity contribution in [2.75, 3.05) is 26.0 Å². The van der Waals surface area contributed by atoms with Gasteiger partial charge in [-0.2, -0.15) is 0 Å². The number of nitrogens with zero attached hydrogens (tertiary/aromatic N) is 2. The first-order valence-corrected chi connectivity index (χ1v) is 9.31. The number of nitro groups is 1. The van der Waals surface area contributed by atoms with E-state index >= 15 is 0 Å². The number of benzene rings is 1. The molecule has 136 valence electrons. The van der Waals surface area contributed by atoms with Crippen molar-refractivity contribution in [2.24, 2.45) is 11.8 Å². The van der Waals surface area contributed by atoms with Crippen LogP contribution in [0.3, 0.4) is 0 Å². The third kappa shape index (κ3) is 4.94. The highest BCUT2D eigenvalue weighted by Gasteiger charge is 2.26. The molecule has 7 nitrogen and oxygen atoms in total. The second-order valence-corrected chi connectivity index (χ2v) is 7.31. The monoisotopic (exact) mass is 366 g/mol. The molecule has 1 saturated heterocycles. The van der Waals surface area contributed by atoms with Gasteiger partial charge in [0.2, 0.25) is 0 Å². The van der Waals surface area contributed by atoms with E-state index in [9.17, 15) is 19.7 Å². The van der Waals surface area contributed by atoms with E-state index in [-0.39, 0.29) is 23.8 Å². The third-order valence-corrected chi connectivity index (χ3v) is 4.94. The van der Waals surface area contributed by atoms with Crippen molar-refractivity contribution in [3.8, 4) is 0 Å². The number of thioether (sulfide) groups is 1. The number of esters is 1. The molecule has 0 N–H and O–H groups in total. The van der Waals surface area contributed by atoms with Crippen LogP contribution in [0, 0.1) is 22.0 Å². The Morgan fingerprint density at radius 1 is 1.32 bits per heavy atom. The number of piperidine rings is 1. The molecule has 0 unspecified atom stereocenters. The Hall–Kier alpha value is -2.09. The summed E-state index contributed by atoms with van der Waals surface area (Å²) in [7, 11) is 0.